The van der Waals surface area contributed by atoms with Gasteiger partial charge in [-0.1, -0.05) is 60.1 Å². The normalized spacial score (nSPS) is 15.1. The molecule has 0 bridgehead atoms. The number of carbonyl (C=O) groups is 1. The fourth-order valence-electron chi connectivity index (χ4n) is 4.34. The van der Waals surface area contributed by atoms with Gasteiger partial charge in [0.1, 0.15) is 0 Å². The Balaban J connectivity index is 1.37. The Morgan fingerprint density at radius 2 is 1.77 bits per heavy atom. The van der Waals surface area contributed by atoms with E-state index in [9.17, 15) is 9.90 Å². The number of nitrogens with zero attached hydrogens (tertiary/aromatic N) is 1. The lowest BCUT2D eigenvalue weighted by Crippen LogP contribution is -2.28. The molecule has 1 aromatic heterocycles. The second kappa shape index (κ2) is 10.0. The topological polar surface area (TPSA) is 68.7 Å². The van der Waals surface area contributed by atoms with Gasteiger partial charge in [-0.25, -0.2) is 9.78 Å². The number of carboxylic acid groups (broad SMARTS) is 1. The fraction of sp³-hybridized carbons (Fsp3) is 0.172. The van der Waals surface area contributed by atoms with E-state index in [1.165, 1.54) is 0 Å². The zero-order chi connectivity index (χ0) is 24.3. The van der Waals surface area contributed by atoms with E-state index in [1.807, 2.05) is 66.7 Å². The predicted octanol–water partition coefficient (Wildman–Crippen LogP) is 6.59. The summed E-state index contributed by atoms with van der Waals surface area (Å²) in [6.45, 7) is 1.03. The molecule has 1 fully saturated rings. The van der Waals surface area contributed by atoms with Crippen LogP contribution in [0.25, 0.3) is 23.1 Å². The summed E-state index contributed by atoms with van der Waals surface area (Å²) >= 11 is 6.12. The van der Waals surface area contributed by atoms with Crippen LogP contribution in [0.2, 0.25) is 5.02 Å². The van der Waals surface area contributed by atoms with Gasteiger partial charge in [-0.05, 0) is 60.0 Å². The highest BCUT2D eigenvalue weighted by Crippen LogP contribution is 2.36. The first-order valence-electron chi connectivity index (χ1n) is 11.5. The maximum atomic E-state index is 11.3. The van der Waals surface area contributed by atoms with Crippen LogP contribution in [-0.2, 0) is 21.7 Å². The summed E-state index contributed by atoms with van der Waals surface area (Å²) in [5.74, 6) is -1.79. The van der Waals surface area contributed by atoms with E-state index >= 15 is 0 Å². The Kier molecular flexibility index (Phi) is 6.64. The van der Waals surface area contributed by atoms with E-state index in [0.717, 1.165) is 33.3 Å². The van der Waals surface area contributed by atoms with Crippen LogP contribution < -0.4 is 0 Å². The highest BCUT2D eigenvalue weighted by Gasteiger charge is 2.38. The molecule has 0 unspecified atom stereocenters. The van der Waals surface area contributed by atoms with Crippen LogP contribution >= 0.6 is 11.6 Å². The molecule has 1 saturated heterocycles. The van der Waals surface area contributed by atoms with Crippen LogP contribution in [0.4, 0.5) is 0 Å². The van der Waals surface area contributed by atoms with Crippen LogP contribution in [0.15, 0.2) is 78.9 Å². The molecule has 1 aliphatic heterocycles. The van der Waals surface area contributed by atoms with Gasteiger partial charge in [0.25, 0.3) is 0 Å². The van der Waals surface area contributed by atoms with Crippen LogP contribution in [0.1, 0.15) is 39.2 Å². The summed E-state index contributed by atoms with van der Waals surface area (Å²) in [6.07, 6.45) is 5.20. The van der Waals surface area contributed by atoms with Crippen molar-refractivity contribution >= 4 is 40.6 Å². The molecule has 35 heavy (non-hydrogen) atoms. The summed E-state index contributed by atoms with van der Waals surface area (Å²) in [6, 6.07) is 24.8. The van der Waals surface area contributed by atoms with E-state index < -0.39 is 11.8 Å². The van der Waals surface area contributed by atoms with Gasteiger partial charge in [-0.3, -0.25) is 0 Å². The number of pyridine rings is 1. The number of fused-ring (bicyclic) bond motifs is 1. The Bertz CT molecular complexity index is 1410. The molecular formula is C29H24ClNO4. The molecule has 1 aliphatic rings. The molecule has 0 saturated carbocycles. The molecule has 0 amide bonds. The van der Waals surface area contributed by atoms with Crippen molar-refractivity contribution in [2.45, 2.75) is 18.6 Å². The lowest BCUT2D eigenvalue weighted by molar-refractivity contribution is -0.170. The molecule has 5 nitrogen and oxygen atoms in total. The highest BCUT2D eigenvalue weighted by atomic mass is 35.5. The number of benzene rings is 3. The Morgan fingerprint density at radius 3 is 2.60 bits per heavy atom. The number of carboxylic acids is 1. The van der Waals surface area contributed by atoms with Crippen molar-refractivity contribution in [2.24, 2.45) is 0 Å². The summed E-state index contributed by atoms with van der Waals surface area (Å²) in [5, 5.41) is 11.0. The number of ether oxygens (including phenoxy) is 2. The lowest BCUT2D eigenvalue weighted by atomic mass is 9.95. The third kappa shape index (κ3) is 5.28. The Hall–Kier alpha value is -3.51. The highest BCUT2D eigenvalue weighted by molar-refractivity contribution is 6.31. The van der Waals surface area contributed by atoms with Gasteiger partial charge in [0.2, 0.25) is 0 Å². The zero-order valence-electron chi connectivity index (χ0n) is 19.0. The maximum absolute atomic E-state index is 11.3. The molecule has 0 radical (unpaired) electrons. The molecule has 2 heterocycles. The quantitative estimate of drug-likeness (QED) is 0.320. The number of rotatable bonds is 7. The number of aromatic nitrogens is 1. The SMILES string of the molecule is O=C(O)c1cccc(CCC2(c3cccc(/C=C/c4ccc5ccc(Cl)cc5n4)c3)OCCO2)c1. The Morgan fingerprint density at radius 1 is 0.971 bits per heavy atom. The third-order valence-corrected chi connectivity index (χ3v) is 6.35. The van der Waals surface area contributed by atoms with Crippen molar-refractivity contribution in [3.63, 3.8) is 0 Å². The van der Waals surface area contributed by atoms with Crippen LogP contribution in [0, 0.1) is 0 Å². The molecule has 0 atom stereocenters. The summed E-state index contributed by atoms with van der Waals surface area (Å²) in [7, 11) is 0. The molecule has 5 rings (SSSR count). The van der Waals surface area contributed by atoms with E-state index in [1.54, 1.807) is 18.2 Å². The molecule has 4 aromatic rings. The van der Waals surface area contributed by atoms with Crippen molar-refractivity contribution in [3.8, 4) is 0 Å². The second-order valence-corrected chi connectivity index (χ2v) is 8.92. The van der Waals surface area contributed by atoms with Gasteiger partial charge < -0.3 is 14.6 Å². The molecule has 0 aliphatic carbocycles. The first-order valence-corrected chi connectivity index (χ1v) is 11.8. The van der Waals surface area contributed by atoms with Gasteiger partial charge in [0, 0.05) is 22.4 Å². The lowest BCUT2D eigenvalue weighted by Gasteiger charge is -2.28. The smallest absolute Gasteiger partial charge is 0.335 e. The van der Waals surface area contributed by atoms with Crippen molar-refractivity contribution in [2.75, 3.05) is 13.2 Å². The summed E-state index contributed by atoms with van der Waals surface area (Å²) in [4.78, 5) is 16.0. The zero-order valence-corrected chi connectivity index (χ0v) is 19.7. The average Bonchev–Trinajstić information content (AvgIpc) is 3.37. The largest absolute Gasteiger partial charge is 0.478 e. The standard InChI is InChI=1S/C29H24ClNO4/c30-25-10-8-22-9-12-26(31-27(22)19-25)11-7-20-4-2-6-24(18-20)29(34-15-16-35-29)14-13-21-3-1-5-23(17-21)28(32)33/h1-12,17-19H,13-16H2,(H,32,33)/b11-7+. The van der Waals surface area contributed by atoms with Crippen LogP contribution in [0.3, 0.4) is 0 Å². The van der Waals surface area contributed by atoms with Gasteiger partial charge >= 0.3 is 5.97 Å². The minimum atomic E-state index is -0.932. The molecular weight excluding hydrogens is 462 g/mol. The van der Waals surface area contributed by atoms with E-state index in [2.05, 4.69) is 11.1 Å². The first-order chi connectivity index (χ1) is 17.0. The van der Waals surface area contributed by atoms with Crippen molar-refractivity contribution in [1.82, 2.24) is 4.98 Å². The van der Waals surface area contributed by atoms with Crippen molar-refractivity contribution < 1.29 is 19.4 Å². The van der Waals surface area contributed by atoms with Crippen molar-refractivity contribution in [3.05, 3.63) is 112 Å². The minimum absolute atomic E-state index is 0.279. The monoisotopic (exact) mass is 485 g/mol. The number of hydrogen-bond acceptors (Lipinski definition) is 4. The van der Waals surface area contributed by atoms with E-state index in [-0.39, 0.29) is 5.56 Å². The van der Waals surface area contributed by atoms with Crippen LogP contribution in [-0.4, -0.2) is 29.3 Å². The summed E-state index contributed by atoms with van der Waals surface area (Å²) in [5.41, 5.74) is 4.84. The average molecular weight is 486 g/mol. The number of aryl methyl sites for hydroxylation is 1. The number of aromatic carboxylic acids is 1. The predicted molar refractivity (Wildman–Crippen MR) is 137 cm³/mol. The van der Waals surface area contributed by atoms with E-state index in [4.69, 9.17) is 21.1 Å². The molecule has 176 valence electrons. The van der Waals surface area contributed by atoms with Crippen molar-refractivity contribution in [1.29, 1.82) is 0 Å². The molecule has 3 aromatic carbocycles. The fourth-order valence-corrected chi connectivity index (χ4v) is 4.50. The minimum Gasteiger partial charge on any atom is -0.478 e. The van der Waals surface area contributed by atoms with Gasteiger partial charge in [0.05, 0.1) is 30.0 Å². The molecule has 0 spiro atoms. The molecule has 6 heteroatoms. The second-order valence-electron chi connectivity index (χ2n) is 8.49. The van der Waals surface area contributed by atoms with Gasteiger partial charge in [-0.2, -0.15) is 0 Å². The number of halogens is 1. The first kappa shape index (κ1) is 23.2. The van der Waals surface area contributed by atoms with Crippen LogP contribution in [0.5, 0.6) is 0 Å². The third-order valence-electron chi connectivity index (χ3n) is 6.12. The van der Waals surface area contributed by atoms with Gasteiger partial charge in [-0.15, -0.1) is 0 Å². The van der Waals surface area contributed by atoms with Gasteiger partial charge in [0.15, 0.2) is 5.79 Å². The summed E-state index contributed by atoms with van der Waals surface area (Å²) < 4.78 is 12.2. The maximum Gasteiger partial charge on any atom is 0.335 e. The molecule has 1 N–H and O–H groups in total. The Labute approximate surface area is 208 Å². The van der Waals surface area contributed by atoms with E-state index in [0.29, 0.717) is 31.1 Å². The number of hydrogen-bond donors (Lipinski definition) is 1.